The van der Waals surface area contributed by atoms with Crippen molar-refractivity contribution in [2.75, 3.05) is 13.2 Å². The number of aromatic nitrogens is 2. The highest BCUT2D eigenvalue weighted by Gasteiger charge is 2.50. The predicted octanol–water partition coefficient (Wildman–Crippen LogP) is -4.65. The van der Waals surface area contributed by atoms with Gasteiger partial charge in [-0.2, -0.15) is 4.31 Å². The van der Waals surface area contributed by atoms with E-state index in [-0.39, 0.29) is 0 Å². The second-order valence-electron chi connectivity index (χ2n) is 8.42. The molecule has 1 amide bonds. The third-order valence-electron chi connectivity index (χ3n) is 5.56. The van der Waals surface area contributed by atoms with E-state index < -0.39 is 101 Å². The minimum absolute atomic E-state index is 0.723. The quantitative estimate of drug-likeness (QED) is 0.113. The smallest absolute Gasteiger partial charge is 0.394 e. The normalized spacial score (nSPS) is 36.2. The fourth-order valence-corrected chi connectivity index (χ4v) is 5.92. The maximum atomic E-state index is 12.4. The van der Waals surface area contributed by atoms with E-state index in [0.29, 0.717) is 0 Å². The van der Waals surface area contributed by atoms with E-state index in [2.05, 4.69) is 18.7 Å². The Morgan fingerprint density at radius 1 is 1.05 bits per heavy atom. The van der Waals surface area contributed by atoms with Crippen molar-refractivity contribution in [3.63, 3.8) is 0 Å². The summed E-state index contributed by atoms with van der Waals surface area (Å²) in [4.78, 5) is 56.4. The van der Waals surface area contributed by atoms with Gasteiger partial charge in [-0.3, -0.25) is 28.2 Å². The van der Waals surface area contributed by atoms with Crippen molar-refractivity contribution in [3.05, 3.63) is 33.1 Å². The molecule has 39 heavy (non-hydrogen) atoms. The largest absolute Gasteiger partial charge is 0.483 e. The van der Waals surface area contributed by atoms with Crippen molar-refractivity contribution < 1.29 is 72.1 Å². The van der Waals surface area contributed by atoms with Crippen LogP contribution in [0.5, 0.6) is 0 Å². The van der Waals surface area contributed by atoms with Gasteiger partial charge in [0.15, 0.2) is 12.5 Å². The van der Waals surface area contributed by atoms with Crippen molar-refractivity contribution >= 4 is 21.6 Å². The van der Waals surface area contributed by atoms with Crippen LogP contribution in [0.3, 0.4) is 0 Å². The molecule has 3 heterocycles. The molecule has 0 radical (unpaired) electrons. The molecule has 1 aromatic heterocycles. The molecule has 2 aliphatic rings. The van der Waals surface area contributed by atoms with Crippen LogP contribution < -0.4 is 16.6 Å². The number of hydrogen-bond donors (Lipinski definition) is 9. The minimum Gasteiger partial charge on any atom is -0.394 e. The van der Waals surface area contributed by atoms with Gasteiger partial charge in [-0.1, -0.05) is 0 Å². The first-order valence-corrected chi connectivity index (χ1v) is 14.0. The third kappa shape index (κ3) is 7.66. The molecule has 2 saturated heterocycles. The Morgan fingerprint density at radius 2 is 1.69 bits per heavy atom. The molecule has 9 N–H and O–H groups in total. The molecule has 20 nitrogen and oxygen atoms in total. The first-order chi connectivity index (χ1) is 18.0. The number of nitrogens with zero attached hydrogens (tertiary/aromatic N) is 1. The lowest BCUT2D eigenvalue weighted by molar-refractivity contribution is -0.247. The summed E-state index contributed by atoms with van der Waals surface area (Å²) < 4.78 is 49.2. The second-order valence-corrected chi connectivity index (χ2v) is 11.4. The highest BCUT2D eigenvalue weighted by Crippen LogP contribution is 2.61. The van der Waals surface area contributed by atoms with Crippen molar-refractivity contribution in [1.82, 2.24) is 14.9 Å². The van der Waals surface area contributed by atoms with E-state index in [1.54, 1.807) is 0 Å². The zero-order chi connectivity index (χ0) is 29.3. The Morgan fingerprint density at radius 3 is 2.28 bits per heavy atom. The summed E-state index contributed by atoms with van der Waals surface area (Å²) in [6.07, 6.45) is -13.0. The molecule has 0 spiro atoms. The first kappa shape index (κ1) is 31.7. The van der Waals surface area contributed by atoms with Crippen LogP contribution >= 0.6 is 15.6 Å². The van der Waals surface area contributed by atoms with Gasteiger partial charge in [0.1, 0.15) is 42.7 Å². The summed E-state index contributed by atoms with van der Waals surface area (Å²) in [6.45, 7) is -0.940. The van der Waals surface area contributed by atoms with Crippen LogP contribution in [0.4, 0.5) is 0 Å². The van der Waals surface area contributed by atoms with Crippen LogP contribution in [0.15, 0.2) is 21.9 Å². The van der Waals surface area contributed by atoms with E-state index in [9.17, 15) is 58.8 Å². The average Bonchev–Trinajstić information content (AvgIpc) is 3.10. The number of ether oxygens (including phenoxy) is 2. The molecule has 22 heteroatoms. The second kappa shape index (κ2) is 12.3. The number of aromatic amines is 1. The lowest BCUT2D eigenvalue weighted by Crippen LogP contribution is -2.64. The first-order valence-electron chi connectivity index (χ1n) is 11.0. The Kier molecular flexibility index (Phi) is 10.0. The fraction of sp³-hybridized carbons (Fsp3) is 0.706. The SMILES string of the molecule is CC(=O)NC1C(O)[C@@H](O)C(CO)O[C@@H]1OP(=O)(O)OP(=O)(O)OC[C@@H]1O[C@H](n2ccc(=O)[nH]c2=O)C(O)C1O. The number of H-pyrrole nitrogens is 1. The van der Waals surface area contributed by atoms with Crippen molar-refractivity contribution in [1.29, 1.82) is 0 Å². The maximum Gasteiger partial charge on any atom is 0.483 e. The van der Waals surface area contributed by atoms with Crippen LogP contribution in [0.2, 0.25) is 0 Å². The lowest BCUT2D eigenvalue weighted by Gasteiger charge is -2.42. The van der Waals surface area contributed by atoms with E-state index in [4.69, 9.17) is 9.47 Å². The molecule has 0 saturated carbocycles. The molecule has 11 atom stereocenters. The van der Waals surface area contributed by atoms with Gasteiger partial charge in [-0.25, -0.2) is 13.9 Å². The van der Waals surface area contributed by atoms with E-state index in [1.807, 2.05) is 4.98 Å². The van der Waals surface area contributed by atoms with Crippen LogP contribution in [0.25, 0.3) is 0 Å². The standard InChI is InChI=1S/C17H27N3O17P2/c1-6(22)18-10-13(26)11(24)7(4-21)35-16(10)36-39(31,32)37-38(29,30)33-5-8-12(25)14(27)15(34-8)20-3-2-9(23)19-17(20)28/h2-3,7-8,10-16,21,24-27H,4-5H2,1H3,(H,18,22)(H,29,30)(H,31,32)(H,19,23,28)/t7?,8-,10?,11-,12?,13?,14?,15-,16+/m0/s1. The van der Waals surface area contributed by atoms with Crippen molar-refractivity contribution in [3.8, 4) is 0 Å². The molecule has 222 valence electrons. The summed E-state index contributed by atoms with van der Waals surface area (Å²) in [5, 5.41) is 51.9. The zero-order valence-electron chi connectivity index (χ0n) is 19.8. The van der Waals surface area contributed by atoms with Crippen LogP contribution in [-0.4, -0.2) is 113 Å². The zero-order valence-corrected chi connectivity index (χ0v) is 21.6. The number of aliphatic hydroxyl groups is 5. The molecule has 0 bridgehead atoms. The molecule has 0 aliphatic carbocycles. The van der Waals surface area contributed by atoms with Crippen LogP contribution in [0.1, 0.15) is 13.2 Å². The topological polar surface area (TPSA) is 306 Å². The Hall–Kier alpha value is -1.87. The van der Waals surface area contributed by atoms with Gasteiger partial charge in [0, 0.05) is 19.2 Å². The number of amides is 1. The third-order valence-corrected chi connectivity index (χ3v) is 8.16. The van der Waals surface area contributed by atoms with Crippen molar-refractivity contribution in [2.45, 2.75) is 62.1 Å². The van der Waals surface area contributed by atoms with Gasteiger partial charge in [0.25, 0.3) is 5.56 Å². The average molecular weight is 607 g/mol. The number of rotatable bonds is 10. The molecule has 2 fully saturated rings. The predicted molar refractivity (Wildman–Crippen MR) is 120 cm³/mol. The van der Waals surface area contributed by atoms with Gasteiger partial charge in [-0.05, 0) is 0 Å². The highest BCUT2D eigenvalue weighted by molar-refractivity contribution is 7.61. The number of carbonyl (C=O) groups excluding carboxylic acids is 1. The molecule has 2 aliphatic heterocycles. The number of nitrogens with one attached hydrogen (secondary N) is 2. The van der Waals surface area contributed by atoms with Gasteiger partial charge in [0.05, 0.1) is 13.2 Å². The van der Waals surface area contributed by atoms with Gasteiger partial charge >= 0.3 is 21.3 Å². The molecule has 3 rings (SSSR count). The van der Waals surface area contributed by atoms with E-state index in [0.717, 1.165) is 23.8 Å². The summed E-state index contributed by atoms with van der Waals surface area (Å²) in [5.74, 6) is -0.796. The number of phosphoric ester groups is 2. The monoisotopic (exact) mass is 607 g/mol. The highest BCUT2D eigenvalue weighted by atomic mass is 31.3. The molecule has 0 aromatic carbocycles. The van der Waals surface area contributed by atoms with Crippen LogP contribution in [0, 0.1) is 0 Å². The number of phosphoric acid groups is 2. The minimum atomic E-state index is -5.63. The Labute approximate surface area is 217 Å². The van der Waals surface area contributed by atoms with E-state index in [1.165, 1.54) is 0 Å². The maximum absolute atomic E-state index is 12.4. The molecule has 7 unspecified atom stereocenters. The van der Waals surface area contributed by atoms with Crippen LogP contribution in [-0.2, 0) is 36.8 Å². The Bertz CT molecular complexity index is 1240. The molecular weight excluding hydrogens is 580 g/mol. The fourth-order valence-electron chi connectivity index (χ4n) is 3.76. The Balaban J connectivity index is 1.66. The molecule has 1 aromatic rings. The number of carbonyl (C=O) groups is 1. The summed E-state index contributed by atoms with van der Waals surface area (Å²) in [5.41, 5.74) is -1.75. The van der Waals surface area contributed by atoms with Gasteiger partial charge < -0.3 is 50.1 Å². The summed E-state index contributed by atoms with van der Waals surface area (Å²) in [6, 6.07) is -0.766. The van der Waals surface area contributed by atoms with E-state index >= 15 is 0 Å². The number of aliphatic hydroxyl groups excluding tert-OH is 5. The molecular formula is C17H27N3O17P2. The van der Waals surface area contributed by atoms with Gasteiger partial charge in [0.2, 0.25) is 5.91 Å². The summed E-state index contributed by atoms with van der Waals surface area (Å²) >= 11 is 0. The summed E-state index contributed by atoms with van der Waals surface area (Å²) in [7, 11) is -11.1. The lowest BCUT2D eigenvalue weighted by atomic mass is 9.97. The van der Waals surface area contributed by atoms with Crippen molar-refractivity contribution in [2.24, 2.45) is 0 Å². The number of hydrogen-bond acceptors (Lipinski definition) is 15. The van der Waals surface area contributed by atoms with Gasteiger partial charge in [-0.15, -0.1) is 0 Å².